The number of aliphatic hydroxyl groups excluding tert-OH is 1. The van der Waals surface area contributed by atoms with Gasteiger partial charge in [-0.3, -0.25) is 0 Å². The van der Waals surface area contributed by atoms with Crippen molar-refractivity contribution >= 4 is 0 Å². The van der Waals surface area contributed by atoms with Crippen LogP contribution in [0.4, 0.5) is 8.78 Å². The molecule has 0 bridgehead atoms. The molecule has 88 valence electrons. The molecule has 1 atom stereocenters. The molecule has 0 heterocycles. The molecular weight excluding hydrogens is 210 g/mol. The first-order chi connectivity index (χ1) is 7.54. The fourth-order valence-corrected chi connectivity index (χ4v) is 2.56. The van der Waals surface area contributed by atoms with Crippen LogP contribution in [0.15, 0.2) is 18.2 Å². The molecule has 1 aromatic rings. The van der Waals surface area contributed by atoms with Crippen LogP contribution in [0, 0.1) is 17.0 Å². The van der Waals surface area contributed by atoms with Crippen molar-refractivity contribution in [2.75, 3.05) is 0 Å². The van der Waals surface area contributed by atoms with Gasteiger partial charge in [0.25, 0.3) is 0 Å². The Kier molecular flexibility index (Phi) is 2.98. The van der Waals surface area contributed by atoms with Crippen LogP contribution in [0.25, 0.3) is 0 Å². The summed E-state index contributed by atoms with van der Waals surface area (Å²) in [4.78, 5) is 0. The summed E-state index contributed by atoms with van der Waals surface area (Å²) < 4.78 is 26.6. The SMILES string of the molecule is CC1(C(O)c2cccc(F)c2F)CCCC1. The average Bonchev–Trinajstić information content (AvgIpc) is 2.70. The van der Waals surface area contributed by atoms with Crippen LogP contribution in [0.3, 0.4) is 0 Å². The molecule has 0 amide bonds. The second kappa shape index (κ2) is 4.13. The van der Waals surface area contributed by atoms with Crippen LogP contribution >= 0.6 is 0 Å². The zero-order chi connectivity index (χ0) is 11.8. The Morgan fingerprint density at radius 3 is 2.50 bits per heavy atom. The lowest BCUT2D eigenvalue weighted by Crippen LogP contribution is -2.23. The van der Waals surface area contributed by atoms with E-state index in [1.165, 1.54) is 12.1 Å². The number of rotatable bonds is 2. The fourth-order valence-electron chi connectivity index (χ4n) is 2.56. The molecule has 2 rings (SSSR count). The zero-order valence-electron chi connectivity index (χ0n) is 9.34. The van der Waals surface area contributed by atoms with Gasteiger partial charge in [0.05, 0.1) is 6.10 Å². The Bertz CT molecular complexity index is 384. The van der Waals surface area contributed by atoms with Gasteiger partial charge < -0.3 is 5.11 Å². The molecule has 1 aromatic carbocycles. The molecule has 0 saturated heterocycles. The maximum atomic E-state index is 13.5. The van der Waals surface area contributed by atoms with Gasteiger partial charge in [-0.05, 0) is 24.3 Å². The first-order valence-electron chi connectivity index (χ1n) is 5.66. The predicted octanol–water partition coefficient (Wildman–Crippen LogP) is 3.58. The van der Waals surface area contributed by atoms with Gasteiger partial charge in [0, 0.05) is 5.56 Å². The summed E-state index contributed by atoms with van der Waals surface area (Å²) in [6.07, 6.45) is 2.91. The molecule has 0 radical (unpaired) electrons. The molecule has 1 fully saturated rings. The lowest BCUT2D eigenvalue weighted by Gasteiger charge is -2.30. The average molecular weight is 226 g/mol. The van der Waals surface area contributed by atoms with Crippen LogP contribution in [-0.4, -0.2) is 5.11 Å². The van der Waals surface area contributed by atoms with E-state index in [0.717, 1.165) is 31.7 Å². The van der Waals surface area contributed by atoms with Gasteiger partial charge in [-0.2, -0.15) is 0 Å². The number of benzene rings is 1. The molecule has 0 aliphatic heterocycles. The minimum absolute atomic E-state index is 0.0874. The zero-order valence-corrected chi connectivity index (χ0v) is 9.34. The summed E-state index contributed by atoms with van der Waals surface area (Å²) in [6.45, 7) is 1.94. The molecule has 1 aliphatic rings. The maximum absolute atomic E-state index is 13.5. The molecule has 0 aromatic heterocycles. The molecular formula is C13H16F2O. The van der Waals surface area contributed by atoms with Crippen molar-refractivity contribution in [3.05, 3.63) is 35.4 Å². The third-order valence-corrected chi connectivity index (χ3v) is 3.68. The smallest absolute Gasteiger partial charge is 0.164 e. The summed E-state index contributed by atoms with van der Waals surface area (Å²) in [5.41, 5.74) is -0.223. The van der Waals surface area contributed by atoms with Gasteiger partial charge >= 0.3 is 0 Å². The molecule has 1 N–H and O–H groups in total. The van der Waals surface area contributed by atoms with E-state index in [0.29, 0.717) is 0 Å². The lowest BCUT2D eigenvalue weighted by molar-refractivity contribution is 0.0374. The highest BCUT2D eigenvalue weighted by Gasteiger charge is 2.38. The van der Waals surface area contributed by atoms with Crippen LogP contribution in [0.2, 0.25) is 0 Å². The van der Waals surface area contributed by atoms with Crippen LogP contribution in [-0.2, 0) is 0 Å². The normalized spacial score (nSPS) is 21.0. The van der Waals surface area contributed by atoms with E-state index < -0.39 is 17.7 Å². The quantitative estimate of drug-likeness (QED) is 0.817. The minimum atomic E-state index is -0.914. The molecule has 1 saturated carbocycles. The number of hydrogen-bond donors (Lipinski definition) is 1. The summed E-state index contributed by atoms with van der Waals surface area (Å²) in [5.74, 6) is -1.80. The highest BCUT2D eigenvalue weighted by atomic mass is 19.2. The van der Waals surface area contributed by atoms with E-state index in [1.54, 1.807) is 0 Å². The Hall–Kier alpha value is -0.960. The summed E-state index contributed by atoms with van der Waals surface area (Å²) >= 11 is 0. The van der Waals surface area contributed by atoms with Crippen molar-refractivity contribution in [3.63, 3.8) is 0 Å². The van der Waals surface area contributed by atoms with Crippen molar-refractivity contribution in [2.24, 2.45) is 5.41 Å². The molecule has 1 aliphatic carbocycles. The Balaban J connectivity index is 2.33. The summed E-state index contributed by atoms with van der Waals surface area (Å²) in [5, 5.41) is 10.2. The van der Waals surface area contributed by atoms with Crippen LogP contribution in [0.1, 0.15) is 44.3 Å². The van der Waals surface area contributed by atoms with Crippen molar-refractivity contribution in [1.29, 1.82) is 0 Å². The number of hydrogen-bond acceptors (Lipinski definition) is 1. The van der Waals surface area contributed by atoms with Crippen molar-refractivity contribution in [1.82, 2.24) is 0 Å². The van der Waals surface area contributed by atoms with E-state index in [-0.39, 0.29) is 11.0 Å². The van der Waals surface area contributed by atoms with Gasteiger partial charge in [-0.1, -0.05) is 31.9 Å². The standard InChI is InChI=1S/C13H16F2O/c1-13(7-2-3-8-13)12(16)9-5-4-6-10(14)11(9)15/h4-6,12,16H,2-3,7-8H2,1H3. The summed E-state index contributed by atoms with van der Waals surface area (Å²) in [7, 11) is 0. The minimum Gasteiger partial charge on any atom is -0.388 e. The van der Waals surface area contributed by atoms with Gasteiger partial charge in [-0.15, -0.1) is 0 Å². The van der Waals surface area contributed by atoms with Crippen molar-refractivity contribution in [3.8, 4) is 0 Å². The second-order valence-electron chi connectivity index (χ2n) is 4.91. The highest BCUT2D eigenvalue weighted by molar-refractivity contribution is 5.23. The third-order valence-electron chi connectivity index (χ3n) is 3.68. The van der Waals surface area contributed by atoms with Crippen molar-refractivity contribution in [2.45, 2.75) is 38.7 Å². The molecule has 16 heavy (non-hydrogen) atoms. The lowest BCUT2D eigenvalue weighted by atomic mass is 9.79. The predicted molar refractivity (Wildman–Crippen MR) is 57.9 cm³/mol. The van der Waals surface area contributed by atoms with Crippen molar-refractivity contribution < 1.29 is 13.9 Å². The fraction of sp³-hybridized carbons (Fsp3) is 0.538. The van der Waals surface area contributed by atoms with Gasteiger partial charge in [0.15, 0.2) is 11.6 Å². The Morgan fingerprint density at radius 2 is 1.88 bits per heavy atom. The second-order valence-corrected chi connectivity index (χ2v) is 4.91. The molecule has 1 unspecified atom stereocenters. The van der Waals surface area contributed by atoms with E-state index >= 15 is 0 Å². The first-order valence-corrected chi connectivity index (χ1v) is 5.66. The van der Waals surface area contributed by atoms with E-state index in [9.17, 15) is 13.9 Å². The van der Waals surface area contributed by atoms with Gasteiger partial charge in [0.2, 0.25) is 0 Å². The van der Waals surface area contributed by atoms with E-state index in [2.05, 4.69) is 0 Å². The van der Waals surface area contributed by atoms with E-state index in [1.807, 2.05) is 6.92 Å². The number of halogens is 2. The van der Waals surface area contributed by atoms with Gasteiger partial charge in [0.1, 0.15) is 0 Å². The Morgan fingerprint density at radius 1 is 1.25 bits per heavy atom. The van der Waals surface area contributed by atoms with E-state index in [4.69, 9.17) is 0 Å². The van der Waals surface area contributed by atoms with Crippen LogP contribution < -0.4 is 0 Å². The highest BCUT2D eigenvalue weighted by Crippen LogP contribution is 2.47. The maximum Gasteiger partial charge on any atom is 0.164 e. The molecule has 0 spiro atoms. The number of aliphatic hydroxyl groups is 1. The van der Waals surface area contributed by atoms with Crippen LogP contribution in [0.5, 0.6) is 0 Å². The van der Waals surface area contributed by atoms with Gasteiger partial charge in [-0.25, -0.2) is 8.78 Å². The third kappa shape index (κ3) is 1.84. The Labute approximate surface area is 94.1 Å². The largest absolute Gasteiger partial charge is 0.388 e. The summed E-state index contributed by atoms with van der Waals surface area (Å²) in [6, 6.07) is 3.98. The molecule has 1 nitrogen and oxygen atoms in total. The monoisotopic (exact) mass is 226 g/mol. The first kappa shape index (κ1) is 11.5. The molecule has 3 heteroatoms. The topological polar surface area (TPSA) is 20.2 Å².